The standard InChI is InChI=1S/C31H34N4O7/c1-5-8-35(4)14-15-9-17(13-33-12-15)18-6-7-21(36)23-19(18)10-16-11-20-25(34(2)3)27(38)24(30(32)41)29(40)31(20,42)28(39)22(16)26(23)37/h5-7,9,12-13,16,20,22,24-25,36,42H,1,8,10-11,14H2,2-4H3,(H2,32,41)/t16-,20-,22?,24?,25+,31-/m0/s1. The summed E-state index contributed by atoms with van der Waals surface area (Å²) in [5.74, 6) is -10.7. The number of likely N-dealkylation sites (N-methyl/N-ethyl adjacent to an activating group) is 2. The van der Waals surface area contributed by atoms with Crippen LogP contribution in [0.1, 0.15) is 27.9 Å². The molecule has 11 heteroatoms. The average molecular weight is 575 g/mol. The van der Waals surface area contributed by atoms with Gasteiger partial charge in [-0.15, -0.1) is 6.58 Å². The predicted molar refractivity (Wildman–Crippen MR) is 151 cm³/mol. The second-order valence-corrected chi connectivity index (χ2v) is 11.8. The van der Waals surface area contributed by atoms with Gasteiger partial charge in [0.2, 0.25) is 5.91 Å². The lowest BCUT2D eigenvalue weighted by Crippen LogP contribution is -2.74. The lowest BCUT2D eigenvalue weighted by Gasteiger charge is -2.52. The van der Waals surface area contributed by atoms with Gasteiger partial charge in [0.1, 0.15) is 5.75 Å². The first-order valence-electron chi connectivity index (χ1n) is 13.8. The third-order valence-corrected chi connectivity index (χ3v) is 8.94. The molecule has 2 saturated carbocycles. The van der Waals surface area contributed by atoms with E-state index in [0.29, 0.717) is 24.2 Å². The first kappa shape index (κ1) is 29.4. The van der Waals surface area contributed by atoms with Gasteiger partial charge >= 0.3 is 0 Å². The quantitative estimate of drug-likeness (QED) is 0.313. The summed E-state index contributed by atoms with van der Waals surface area (Å²) in [4.78, 5) is 74.7. The largest absolute Gasteiger partial charge is 0.507 e. The van der Waals surface area contributed by atoms with Crippen molar-refractivity contribution >= 4 is 29.0 Å². The molecule has 4 N–H and O–H groups in total. The number of nitrogens with two attached hydrogens (primary N) is 1. The van der Waals surface area contributed by atoms with E-state index in [9.17, 15) is 34.2 Å². The number of benzene rings is 1. The maximum atomic E-state index is 14.0. The number of phenolic OH excluding ortho intramolecular Hbond substituents is 1. The van der Waals surface area contributed by atoms with Crippen molar-refractivity contribution in [2.45, 2.75) is 31.0 Å². The number of Topliss-reactive ketones (excluding diaryl/α,β-unsaturated/α-hetero) is 4. The van der Waals surface area contributed by atoms with E-state index >= 15 is 0 Å². The number of carbonyl (C=O) groups is 5. The summed E-state index contributed by atoms with van der Waals surface area (Å²) in [7, 11) is 5.05. The number of amides is 1. The predicted octanol–water partition coefficient (Wildman–Crippen LogP) is 0.547. The number of aromatic hydroxyl groups is 1. The lowest BCUT2D eigenvalue weighted by molar-refractivity contribution is -0.181. The number of hydrogen-bond acceptors (Lipinski definition) is 10. The second-order valence-electron chi connectivity index (χ2n) is 11.8. The van der Waals surface area contributed by atoms with Crippen LogP contribution in [0, 0.1) is 23.7 Å². The molecule has 1 heterocycles. The van der Waals surface area contributed by atoms with Crippen molar-refractivity contribution < 1.29 is 34.2 Å². The van der Waals surface area contributed by atoms with E-state index in [0.717, 1.165) is 11.1 Å². The Morgan fingerprint density at radius 1 is 1.17 bits per heavy atom. The smallest absolute Gasteiger partial charge is 0.235 e. The molecule has 0 bridgehead atoms. The number of carbonyl (C=O) groups excluding carboxylic acids is 5. The molecule has 1 aromatic carbocycles. The highest BCUT2D eigenvalue weighted by Crippen LogP contribution is 2.51. The van der Waals surface area contributed by atoms with E-state index < -0.39 is 64.4 Å². The Morgan fingerprint density at radius 3 is 2.52 bits per heavy atom. The summed E-state index contributed by atoms with van der Waals surface area (Å²) < 4.78 is 0. The Morgan fingerprint density at radius 2 is 1.88 bits per heavy atom. The van der Waals surface area contributed by atoms with Gasteiger partial charge in [-0.3, -0.25) is 38.8 Å². The summed E-state index contributed by atoms with van der Waals surface area (Å²) in [5, 5.41) is 22.5. The Hall–Kier alpha value is -4.06. The monoisotopic (exact) mass is 574 g/mol. The molecule has 0 saturated heterocycles. The summed E-state index contributed by atoms with van der Waals surface area (Å²) in [6.45, 7) is 5.04. The number of hydrogen-bond donors (Lipinski definition) is 3. The van der Waals surface area contributed by atoms with Crippen molar-refractivity contribution in [2.75, 3.05) is 27.7 Å². The van der Waals surface area contributed by atoms with E-state index in [1.54, 1.807) is 38.6 Å². The zero-order chi connectivity index (χ0) is 30.7. The molecule has 220 valence electrons. The number of primary amides is 1. The van der Waals surface area contributed by atoms with Gasteiger partial charge in [-0.05, 0) is 68.7 Å². The second kappa shape index (κ2) is 10.6. The molecule has 1 aromatic heterocycles. The number of phenols is 1. The molecule has 2 unspecified atom stereocenters. The molecular formula is C31H34N4O7. The van der Waals surface area contributed by atoms with Crippen LogP contribution >= 0.6 is 0 Å². The maximum absolute atomic E-state index is 14.0. The molecule has 1 amide bonds. The van der Waals surface area contributed by atoms with Crippen molar-refractivity contribution in [3.63, 3.8) is 0 Å². The van der Waals surface area contributed by atoms with Crippen molar-refractivity contribution in [2.24, 2.45) is 29.4 Å². The lowest BCUT2D eigenvalue weighted by atomic mass is 9.52. The zero-order valence-electron chi connectivity index (χ0n) is 23.7. The van der Waals surface area contributed by atoms with E-state index in [4.69, 9.17) is 5.73 Å². The van der Waals surface area contributed by atoms with Crippen LogP contribution in [-0.2, 0) is 32.1 Å². The molecule has 2 aromatic rings. The number of ketones is 4. The molecule has 3 aliphatic rings. The Labute approximate surface area is 243 Å². The zero-order valence-corrected chi connectivity index (χ0v) is 23.7. The SMILES string of the molecule is C=CCN(C)Cc1cncc(-c2ccc(O)c3c2C[C@H]2C[C@H]4[C@@H](N(C)C)C(=O)C(C(N)=O)C(=O)[C@@]4(O)C(=O)C2C3=O)c1. The topological polar surface area (TPSA) is 171 Å². The third-order valence-electron chi connectivity index (χ3n) is 8.94. The van der Waals surface area contributed by atoms with Gasteiger partial charge in [-0.1, -0.05) is 12.1 Å². The van der Waals surface area contributed by atoms with Gasteiger partial charge in [-0.2, -0.15) is 0 Å². The van der Waals surface area contributed by atoms with Crippen molar-refractivity contribution in [3.05, 3.63) is 59.9 Å². The van der Waals surface area contributed by atoms with Crippen LogP contribution in [0.2, 0.25) is 0 Å². The Kier molecular flexibility index (Phi) is 7.46. The number of fused-ring (bicyclic) bond motifs is 3. The normalized spacial score (nSPS) is 28.9. The van der Waals surface area contributed by atoms with E-state index in [-0.39, 0.29) is 24.2 Å². The number of pyridine rings is 1. The molecule has 42 heavy (non-hydrogen) atoms. The Balaban J connectivity index is 1.60. The number of rotatable bonds is 7. The van der Waals surface area contributed by atoms with Crippen molar-refractivity contribution in [3.8, 4) is 16.9 Å². The average Bonchev–Trinajstić information content (AvgIpc) is 2.90. The van der Waals surface area contributed by atoms with Gasteiger partial charge in [0, 0.05) is 37.0 Å². The van der Waals surface area contributed by atoms with E-state index in [1.807, 2.05) is 13.1 Å². The molecular weight excluding hydrogens is 540 g/mol. The van der Waals surface area contributed by atoms with Crippen LogP contribution in [0.4, 0.5) is 0 Å². The van der Waals surface area contributed by atoms with Gasteiger partial charge in [0.25, 0.3) is 0 Å². The van der Waals surface area contributed by atoms with Crippen LogP contribution < -0.4 is 5.73 Å². The first-order chi connectivity index (χ1) is 19.8. The summed E-state index contributed by atoms with van der Waals surface area (Å²) in [6, 6.07) is 3.88. The fourth-order valence-corrected chi connectivity index (χ4v) is 7.19. The molecule has 5 rings (SSSR count). The van der Waals surface area contributed by atoms with Crippen LogP contribution in [0.5, 0.6) is 5.75 Å². The van der Waals surface area contributed by atoms with E-state index in [2.05, 4.69) is 16.5 Å². The summed E-state index contributed by atoms with van der Waals surface area (Å²) in [6.07, 6.45) is 5.37. The van der Waals surface area contributed by atoms with Crippen LogP contribution in [0.25, 0.3) is 11.1 Å². The van der Waals surface area contributed by atoms with Crippen LogP contribution in [0.3, 0.4) is 0 Å². The van der Waals surface area contributed by atoms with Gasteiger partial charge in [0.15, 0.2) is 34.7 Å². The van der Waals surface area contributed by atoms with Gasteiger partial charge in [-0.25, -0.2) is 0 Å². The fourth-order valence-electron chi connectivity index (χ4n) is 7.19. The molecule has 2 fully saturated rings. The molecule has 3 aliphatic carbocycles. The number of nitrogens with zero attached hydrogens (tertiary/aromatic N) is 3. The van der Waals surface area contributed by atoms with Gasteiger partial charge < -0.3 is 15.9 Å². The number of aliphatic hydroxyl groups is 1. The summed E-state index contributed by atoms with van der Waals surface area (Å²) >= 11 is 0. The molecule has 0 aliphatic heterocycles. The minimum atomic E-state index is -2.75. The highest BCUT2D eigenvalue weighted by molar-refractivity contribution is 6.32. The number of aromatic nitrogens is 1. The van der Waals surface area contributed by atoms with Crippen molar-refractivity contribution in [1.82, 2.24) is 14.8 Å². The highest BCUT2D eigenvalue weighted by Gasteiger charge is 2.69. The van der Waals surface area contributed by atoms with Crippen LogP contribution in [-0.4, -0.2) is 93.4 Å². The minimum Gasteiger partial charge on any atom is -0.507 e. The minimum absolute atomic E-state index is 0.0103. The molecule has 11 nitrogen and oxygen atoms in total. The third kappa shape index (κ3) is 4.39. The maximum Gasteiger partial charge on any atom is 0.235 e. The fraction of sp³-hybridized carbons (Fsp3) is 0.419. The highest BCUT2D eigenvalue weighted by atomic mass is 16.3. The molecule has 0 spiro atoms. The van der Waals surface area contributed by atoms with Crippen LogP contribution in [0.15, 0.2) is 43.2 Å². The van der Waals surface area contributed by atoms with Gasteiger partial charge in [0.05, 0.1) is 17.5 Å². The first-order valence-corrected chi connectivity index (χ1v) is 13.8. The Bertz CT molecular complexity index is 1540. The van der Waals surface area contributed by atoms with E-state index in [1.165, 1.54) is 11.0 Å². The molecule has 0 radical (unpaired) electrons. The summed E-state index contributed by atoms with van der Waals surface area (Å²) in [5.41, 5.74) is 5.41. The van der Waals surface area contributed by atoms with Crippen molar-refractivity contribution in [1.29, 1.82) is 0 Å². The molecule has 6 atom stereocenters.